The molecule has 0 atom stereocenters. The van der Waals surface area contributed by atoms with Crippen molar-refractivity contribution in [1.82, 2.24) is 10.3 Å². The summed E-state index contributed by atoms with van der Waals surface area (Å²) in [4.78, 5) is 29.2. The first-order valence-electron chi connectivity index (χ1n) is 10.5. The van der Waals surface area contributed by atoms with E-state index in [1.165, 1.54) is 0 Å². The molecular formula is C25H27N3O4. The number of carbonyl (C=O) groups is 2. The number of pyridine rings is 1. The molecule has 2 aliphatic rings. The number of nitrogens with one attached hydrogen (secondary N) is 2. The number of amides is 2. The van der Waals surface area contributed by atoms with Gasteiger partial charge in [-0.05, 0) is 66.8 Å². The van der Waals surface area contributed by atoms with Crippen molar-refractivity contribution < 1.29 is 21.9 Å². The maximum absolute atomic E-state index is 13.2. The van der Waals surface area contributed by atoms with E-state index in [0.717, 1.165) is 40.8 Å². The molecule has 2 heterocycles. The van der Waals surface area contributed by atoms with Crippen molar-refractivity contribution in [2.24, 2.45) is 0 Å². The van der Waals surface area contributed by atoms with E-state index in [-0.39, 0.29) is 21.5 Å². The Bertz CT molecular complexity index is 1230. The first kappa shape index (κ1) is 20.1. The first-order valence-corrected chi connectivity index (χ1v) is 10.5. The minimum atomic E-state index is -0.539. The van der Waals surface area contributed by atoms with Crippen LogP contribution < -0.4 is 20.1 Å². The lowest BCUT2D eigenvalue weighted by Crippen LogP contribution is -2.27. The molecule has 0 radical (unpaired) electrons. The van der Waals surface area contributed by atoms with Gasteiger partial charge in [-0.2, -0.15) is 0 Å². The van der Waals surface area contributed by atoms with Crippen molar-refractivity contribution in [2.75, 3.05) is 19.2 Å². The Kier molecular flexibility index (Phi) is 4.81. The minimum absolute atomic E-state index is 0. The Morgan fingerprint density at radius 3 is 2.56 bits per heavy atom. The summed E-state index contributed by atoms with van der Waals surface area (Å²) in [5.41, 5.74) is 4.36. The van der Waals surface area contributed by atoms with Crippen LogP contribution in [-0.4, -0.2) is 30.6 Å². The highest BCUT2D eigenvalue weighted by Crippen LogP contribution is 2.51. The van der Waals surface area contributed by atoms with Crippen molar-refractivity contribution in [3.8, 4) is 22.6 Å². The average molecular weight is 434 g/mol. The van der Waals surface area contributed by atoms with E-state index >= 15 is 0 Å². The lowest BCUT2D eigenvalue weighted by molar-refractivity contribution is -0.118. The number of anilines is 1. The number of fused-ring (bicyclic) bond motifs is 1. The zero-order chi connectivity index (χ0) is 22.3. The van der Waals surface area contributed by atoms with E-state index in [4.69, 9.17) is 9.47 Å². The highest BCUT2D eigenvalue weighted by molar-refractivity contribution is 6.02. The van der Waals surface area contributed by atoms with Gasteiger partial charge in [-0.15, -0.1) is 0 Å². The third kappa shape index (κ3) is 3.45. The van der Waals surface area contributed by atoms with Crippen LogP contribution in [0.4, 0.5) is 5.69 Å². The Labute approximate surface area is 188 Å². The summed E-state index contributed by atoms with van der Waals surface area (Å²) in [7, 11) is 1.57. The number of hydrogen-bond donors (Lipinski definition) is 2. The third-order valence-electron chi connectivity index (χ3n) is 6.14. The molecule has 166 valence electrons. The highest BCUT2D eigenvalue weighted by atomic mass is 16.7. The molecule has 1 aliphatic heterocycles. The normalized spacial score (nSPS) is 15.2. The van der Waals surface area contributed by atoms with E-state index in [1.807, 2.05) is 49.4 Å². The van der Waals surface area contributed by atoms with Crippen LogP contribution in [0, 0.1) is 6.92 Å². The second-order valence-electron chi connectivity index (χ2n) is 8.15. The summed E-state index contributed by atoms with van der Waals surface area (Å²) in [6.07, 6.45) is 3.26. The molecule has 0 unspecified atom stereocenters. The minimum Gasteiger partial charge on any atom is -0.454 e. The lowest BCUT2D eigenvalue weighted by atomic mass is 9.94. The zero-order valence-electron chi connectivity index (χ0n) is 17.9. The number of aromatic nitrogens is 1. The summed E-state index contributed by atoms with van der Waals surface area (Å²) in [5.74, 6) is 1.14. The number of carbonyl (C=O) groups excluding carboxylic acids is 2. The fraction of sp³-hybridized carbons (Fsp3) is 0.240. The summed E-state index contributed by atoms with van der Waals surface area (Å²) in [5, 5.41) is 5.66. The molecule has 7 heteroatoms. The second kappa shape index (κ2) is 7.67. The molecule has 1 aromatic heterocycles. The number of nitrogens with zero attached hydrogens (tertiary/aromatic N) is 1. The highest BCUT2D eigenvalue weighted by Gasteiger charge is 2.51. The van der Waals surface area contributed by atoms with E-state index < -0.39 is 5.41 Å². The molecule has 2 amide bonds. The SMILES string of the molecule is CNC(=O)c1ccc(-c2cc(NC(=O)C3(c4ccc5c(c4)OCO5)CC3)ccc2C)cn1.[HH].[HH]. The maximum Gasteiger partial charge on any atom is 0.269 e. The molecule has 0 spiro atoms. The van der Waals surface area contributed by atoms with Crippen molar-refractivity contribution in [2.45, 2.75) is 25.2 Å². The van der Waals surface area contributed by atoms with Crippen LogP contribution in [0.15, 0.2) is 54.7 Å². The zero-order valence-corrected chi connectivity index (χ0v) is 17.9. The van der Waals surface area contributed by atoms with Gasteiger partial charge in [-0.25, -0.2) is 0 Å². The molecule has 1 saturated carbocycles. The Balaban J connectivity index is 0.00000162. The van der Waals surface area contributed by atoms with E-state index in [9.17, 15) is 9.59 Å². The van der Waals surface area contributed by atoms with Crippen molar-refractivity contribution in [3.05, 3.63) is 71.5 Å². The molecule has 5 rings (SSSR count). The van der Waals surface area contributed by atoms with Crippen LogP contribution in [0.5, 0.6) is 11.5 Å². The van der Waals surface area contributed by atoms with Gasteiger partial charge in [0.05, 0.1) is 5.41 Å². The molecular weight excluding hydrogens is 406 g/mol. The smallest absolute Gasteiger partial charge is 0.269 e. The standard InChI is InChI=1S/C25H23N3O4.2H2/c1-15-3-6-18(12-19(15)16-4-7-20(27-13-16)23(29)26-2)28-24(30)25(9-10-25)17-5-8-21-22(11-17)32-14-31-21;;/h3-8,11-13H,9-10,14H2,1-2H3,(H,26,29)(H,28,30);2*1H. The largest absolute Gasteiger partial charge is 0.454 e. The van der Waals surface area contributed by atoms with Crippen molar-refractivity contribution >= 4 is 17.5 Å². The number of ether oxygens (including phenoxy) is 2. The fourth-order valence-corrected chi connectivity index (χ4v) is 4.04. The van der Waals surface area contributed by atoms with Gasteiger partial charge in [0, 0.05) is 27.3 Å². The molecule has 0 saturated heterocycles. The average Bonchev–Trinajstić information content (AvgIpc) is 3.50. The van der Waals surface area contributed by atoms with Crippen LogP contribution >= 0.6 is 0 Å². The summed E-state index contributed by atoms with van der Waals surface area (Å²) in [6.45, 7) is 2.21. The number of hydrogen-bond acceptors (Lipinski definition) is 5. The predicted octanol–water partition coefficient (Wildman–Crippen LogP) is 4.31. The van der Waals surface area contributed by atoms with Gasteiger partial charge in [0.15, 0.2) is 11.5 Å². The molecule has 0 bridgehead atoms. The molecule has 3 aromatic rings. The van der Waals surface area contributed by atoms with Crippen molar-refractivity contribution in [3.63, 3.8) is 0 Å². The quantitative estimate of drug-likeness (QED) is 0.626. The van der Waals surface area contributed by atoms with Gasteiger partial charge in [0.2, 0.25) is 12.7 Å². The predicted molar refractivity (Wildman–Crippen MR) is 124 cm³/mol. The molecule has 1 fully saturated rings. The van der Waals surface area contributed by atoms with E-state index in [1.54, 1.807) is 19.3 Å². The van der Waals surface area contributed by atoms with E-state index in [0.29, 0.717) is 17.2 Å². The van der Waals surface area contributed by atoms with Crippen LogP contribution in [0.1, 0.15) is 37.3 Å². The third-order valence-corrected chi connectivity index (χ3v) is 6.14. The lowest BCUT2D eigenvalue weighted by Gasteiger charge is -2.17. The Hall–Kier alpha value is -3.87. The molecule has 1 aliphatic carbocycles. The van der Waals surface area contributed by atoms with Gasteiger partial charge in [0.1, 0.15) is 5.69 Å². The van der Waals surface area contributed by atoms with Crippen LogP contribution in [0.2, 0.25) is 0 Å². The van der Waals surface area contributed by atoms with Crippen LogP contribution in [0.3, 0.4) is 0 Å². The molecule has 7 nitrogen and oxygen atoms in total. The summed E-state index contributed by atoms with van der Waals surface area (Å²) < 4.78 is 10.9. The first-order chi connectivity index (χ1) is 15.5. The van der Waals surface area contributed by atoms with Crippen LogP contribution in [0.25, 0.3) is 11.1 Å². The molecule has 32 heavy (non-hydrogen) atoms. The topological polar surface area (TPSA) is 89.6 Å². The van der Waals surface area contributed by atoms with Gasteiger partial charge in [-0.3, -0.25) is 14.6 Å². The Morgan fingerprint density at radius 1 is 1.03 bits per heavy atom. The number of rotatable bonds is 5. The van der Waals surface area contributed by atoms with E-state index in [2.05, 4.69) is 15.6 Å². The number of benzene rings is 2. The Morgan fingerprint density at radius 2 is 1.84 bits per heavy atom. The van der Waals surface area contributed by atoms with Gasteiger partial charge in [0.25, 0.3) is 5.91 Å². The molecule has 2 aromatic carbocycles. The monoisotopic (exact) mass is 433 g/mol. The summed E-state index contributed by atoms with van der Waals surface area (Å²) >= 11 is 0. The van der Waals surface area contributed by atoms with Gasteiger partial charge >= 0.3 is 0 Å². The second-order valence-corrected chi connectivity index (χ2v) is 8.15. The molecule has 2 N–H and O–H groups in total. The maximum atomic E-state index is 13.2. The van der Waals surface area contributed by atoms with Gasteiger partial charge < -0.3 is 20.1 Å². The number of aryl methyl sites for hydroxylation is 1. The van der Waals surface area contributed by atoms with Crippen molar-refractivity contribution in [1.29, 1.82) is 0 Å². The summed E-state index contributed by atoms with van der Waals surface area (Å²) in [6, 6.07) is 15.1. The fourth-order valence-electron chi connectivity index (χ4n) is 4.04. The van der Waals surface area contributed by atoms with Gasteiger partial charge in [-0.1, -0.05) is 18.2 Å². The van der Waals surface area contributed by atoms with Crippen LogP contribution in [-0.2, 0) is 10.2 Å².